The average molecular weight is 403 g/mol. The van der Waals surface area contributed by atoms with E-state index in [1.165, 1.54) is 25.3 Å². The van der Waals surface area contributed by atoms with Crippen LogP contribution in [0.15, 0.2) is 70.3 Å². The van der Waals surface area contributed by atoms with Crippen LogP contribution in [0.4, 0.5) is 0 Å². The maximum Gasteiger partial charge on any atom is 0.308 e. The van der Waals surface area contributed by atoms with E-state index in [-0.39, 0.29) is 11.5 Å². The van der Waals surface area contributed by atoms with E-state index in [4.69, 9.17) is 9.47 Å². The normalized spacial score (nSPS) is 12.5. The second-order valence-electron chi connectivity index (χ2n) is 6.48. The summed E-state index contributed by atoms with van der Waals surface area (Å²) in [7, 11) is -3.88. The summed E-state index contributed by atoms with van der Waals surface area (Å²) in [6.07, 6.45) is 1.49. The van der Waals surface area contributed by atoms with Crippen LogP contribution in [-0.2, 0) is 18.7 Å². The average Bonchev–Trinajstić information content (AvgIpc) is 2.67. The van der Waals surface area contributed by atoms with Crippen molar-refractivity contribution >= 4 is 21.0 Å². The van der Waals surface area contributed by atoms with E-state index in [2.05, 4.69) is 6.58 Å². The topological polar surface area (TPSA) is 69.7 Å². The van der Waals surface area contributed by atoms with Gasteiger partial charge in [-0.25, -0.2) is 0 Å². The van der Waals surface area contributed by atoms with Crippen LogP contribution in [0.2, 0.25) is 0 Å². The number of hydrogen-bond donors (Lipinski definition) is 0. The molecule has 0 aliphatic rings. The molecule has 0 bridgehead atoms. The van der Waals surface area contributed by atoms with Crippen molar-refractivity contribution in [1.82, 2.24) is 0 Å². The first kappa shape index (κ1) is 21.6. The van der Waals surface area contributed by atoms with Gasteiger partial charge in [-0.3, -0.25) is 13.8 Å². The van der Waals surface area contributed by atoms with Crippen molar-refractivity contribution in [2.75, 3.05) is 5.75 Å². The molecule has 0 amide bonds. The van der Waals surface area contributed by atoms with E-state index in [0.717, 1.165) is 6.42 Å². The minimum absolute atomic E-state index is 0.0120. The lowest BCUT2D eigenvalue weighted by atomic mass is 10.3. The number of ether oxygens (including phenoxy) is 2. The molecule has 6 heteroatoms. The highest BCUT2D eigenvalue weighted by atomic mass is 32.3. The molecule has 0 unspecified atom stereocenters. The lowest BCUT2D eigenvalue weighted by Gasteiger charge is -2.41. The Bertz CT molecular complexity index is 949. The van der Waals surface area contributed by atoms with Gasteiger partial charge in [0.25, 0.3) is 0 Å². The van der Waals surface area contributed by atoms with Crippen LogP contribution in [0.5, 0.6) is 11.5 Å². The molecule has 0 aliphatic carbocycles. The van der Waals surface area contributed by atoms with Crippen LogP contribution in [0.25, 0.3) is 0 Å². The predicted molar refractivity (Wildman–Crippen MR) is 110 cm³/mol. The summed E-state index contributed by atoms with van der Waals surface area (Å²) in [5, 5.41) is 1.46. The van der Waals surface area contributed by atoms with Gasteiger partial charge in [-0.15, -0.1) is 0 Å². The fourth-order valence-electron chi connectivity index (χ4n) is 3.10. The number of para-hydroxylation sites is 1. The van der Waals surface area contributed by atoms with Crippen LogP contribution >= 0.6 is 0 Å². The van der Waals surface area contributed by atoms with Gasteiger partial charge in [0.15, 0.2) is 11.5 Å². The molecule has 0 atom stereocenters. The lowest BCUT2D eigenvalue weighted by molar-refractivity contribution is -0.134. The summed E-state index contributed by atoms with van der Waals surface area (Å²) in [6, 6.07) is 13.8. The zero-order chi connectivity index (χ0) is 20.8. The number of unbranched alkanes of at least 4 members (excludes halogenated alkanes) is 1. The first-order valence-corrected chi connectivity index (χ1v) is 11.3. The van der Waals surface area contributed by atoms with E-state index in [1.54, 1.807) is 36.4 Å². The SMILES string of the molecule is C=CS(=O)(CCCC)(c1ccccc1)c1cccc(OC(C)=O)c1OC(C)=O. The Balaban J connectivity index is 2.91. The molecule has 28 heavy (non-hydrogen) atoms. The molecule has 0 N–H and O–H groups in total. The Morgan fingerprint density at radius 1 is 1.00 bits per heavy atom. The van der Waals surface area contributed by atoms with Gasteiger partial charge in [-0.1, -0.05) is 44.2 Å². The molecule has 2 aromatic carbocycles. The molecule has 150 valence electrons. The summed E-state index contributed by atoms with van der Waals surface area (Å²) in [5.74, 6) is -0.829. The summed E-state index contributed by atoms with van der Waals surface area (Å²) in [5.41, 5.74) is 0. The summed E-state index contributed by atoms with van der Waals surface area (Å²) in [6.45, 7) is 8.41. The van der Waals surface area contributed by atoms with Gasteiger partial charge >= 0.3 is 11.9 Å². The molecule has 5 nitrogen and oxygen atoms in total. The van der Waals surface area contributed by atoms with E-state index < -0.39 is 21.0 Å². The zero-order valence-electron chi connectivity index (χ0n) is 16.5. The first-order chi connectivity index (χ1) is 13.3. The Hall–Kier alpha value is -2.73. The number of carbonyl (C=O) groups excluding carboxylic acids is 2. The van der Waals surface area contributed by atoms with Crippen molar-refractivity contribution in [1.29, 1.82) is 0 Å². The third-order valence-electron chi connectivity index (χ3n) is 4.44. The van der Waals surface area contributed by atoms with Crippen molar-refractivity contribution in [3.63, 3.8) is 0 Å². The predicted octanol–water partition coefficient (Wildman–Crippen LogP) is 4.72. The van der Waals surface area contributed by atoms with Gasteiger partial charge in [0.05, 0.1) is 4.90 Å². The fraction of sp³-hybridized carbons (Fsp3) is 0.273. The minimum Gasteiger partial charge on any atom is -0.423 e. The summed E-state index contributed by atoms with van der Waals surface area (Å²) < 4.78 is 25.6. The molecule has 0 fully saturated rings. The van der Waals surface area contributed by atoms with Crippen LogP contribution in [0.1, 0.15) is 33.6 Å². The molecule has 0 heterocycles. The smallest absolute Gasteiger partial charge is 0.308 e. The second-order valence-corrected chi connectivity index (χ2v) is 10.5. The molecular weight excluding hydrogens is 376 g/mol. The van der Waals surface area contributed by atoms with E-state index in [9.17, 15) is 13.8 Å². The second kappa shape index (κ2) is 8.52. The standard InChI is InChI=1S/C22H26O5S/c1-5-7-16-28(25,6-2,19-12-9-8-10-13-19)21-15-11-14-20(26-17(3)23)22(21)27-18(4)24/h6,8-15H,2,5,7,16H2,1,3-4H3. The van der Waals surface area contributed by atoms with Crippen molar-refractivity contribution in [2.45, 2.75) is 43.4 Å². The molecular formula is C22H26O5S. The van der Waals surface area contributed by atoms with Crippen molar-refractivity contribution in [3.8, 4) is 11.5 Å². The Morgan fingerprint density at radius 3 is 2.18 bits per heavy atom. The molecule has 2 aromatic rings. The third kappa shape index (κ3) is 4.07. The maximum atomic E-state index is 14.9. The van der Waals surface area contributed by atoms with Gasteiger partial charge < -0.3 is 9.47 Å². The quantitative estimate of drug-likeness (QED) is 0.472. The molecule has 2 rings (SSSR count). The van der Waals surface area contributed by atoms with E-state index in [1.807, 2.05) is 13.0 Å². The number of hydrogen-bond acceptors (Lipinski definition) is 5. The highest BCUT2D eigenvalue weighted by Crippen LogP contribution is 2.52. The van der Waals surface area contributed by atoms with E-state index >= 15 is 0 Å². The number of benzene rings is 2. The van der Waals surface area contributed by atoms with Crippen LogP contribution in [-0.4, -0.2) is 21.9 Å². The largest absolute Gasteiger partial charge is 0.423 e. The Kier molecular flexibility index (Phi) is 6.56. The van der Waals surface area contributed by atoms with Crippen molar-refractivity contribution < 1.29 is 23.3 Å². The van der Waals surface area contributed by atoms with E-state index in [0.29, 0.717) is 22.0 Å². The van der Waals surface area contributed by atoms with Gasteiger partial charge in [0.2, 0.25) is 0 Å². The van der Waals surface area contributed by atoms with Crippen molar-refractivity contribution in [2.24, 2.45) is 0 Å². The summed E-state index contributed by atoms with van der Waals surface area (Å²) >= 11 is 0. The first-order valence-electron chi connectivity index (χ1n) is 9.09. The number of carbonyl (C=O) groups is 2. The zero-order valence-corrected chi connectivity index (χ0v) is 17.3. The molecule has 0 radical (unpaired) electrons. The highest BCUT2D eigenvalue weighted by molar-refractivity contribution is 8.22. The minimum atomic E-state index is -3.88. The van der Waals surface area contributed by atoms with Crippen LogP contribution in [0.3, 0.4) is 0 Å². The number of esters is 2. The molecule has 0 saturated carbocycles. The maximum absolute atomic E-state index is 14.9. The third-order valence-corrected chi connectivity index (χ3v) is 8.84. The molecule has 0 saturated heterocycles. The van der Waals surface area contributed by atoms with Gasteiger partial charge in [0.1, 0.15) is 0 Å². The van der Waals surface area contributed by atoms with Crippen LogP contribution in [0, 0.1) is 0 Å². The number of rotatable bonds is 8. The summed E-state index contributed by atoms with van der Waals surface area (Å²) in [4.78, 5) is 24.2. The van der Waals surface area contributed by atoms with Crippen molar-refractivity contribution in [3.05, 3.63) is 60.5 Å². The fourth-order valence-corrected chi connectivity index (χ4v) is 6.89. The van der Waals surface area contributed by atoms with Crippen LogP contribution < -0.4 is 9.47 Å². The van der Waals surface area contributed by atoms with Gasteiger partial charge in [-0.2, -0.15) is 0 Å². The molecule has 0 spiro atoms. The van der Waals surface area contributed by atoms with Gasteiger partial charge in [0, 0.05) is 24.5 Å². The Morgan fingerprint density at radius 2 is 1.64 bits per heavy atom. The monoisotopic (exact) mass is 402 g/mol. The Labute approximate surface area is 165 Å². The van der Waals surface area contributed by atoms with Gasteiger partial charge in [-0.05, 0) is 45.2 Å². The molecule has 0 aliphatic heterocycles. The molecule has 0 aromatic heterocycles. The lowest BCUT2D eigenvalue weighted by Crippen LogP contribution is -2.35. The highest BCUT2D eigenvalue weighted by Gasteiger charge is 2.41.